The predicted molar refractivity (Wildman–Crippen MR) is 193 cm³/mol. The van der Waals surface area contributed by atoms with Gasteiger partial charge < -0.3 is 25.8 Å². The van der Waals surface area contributed by atoms with E-state index in [4.69, 9.17) is 4.74 Å². The number of ether oxygens (including phenoxy) is 1. The van der Waals surface area contributed by atoms with Gasteiger partial charge in [-0.3, -0.25) is 29.4 Å². The molecule has 0 unspecified atom stereocenters. The van der Waals surface area contributed by atoms with E-state index in [-0.39, 0.29) is 44.2 Å². The van der Waals surface area contributed by atoms with Crippen LogP contribution in [0.5, 0.6) is 0 Å². The van der Waals surface area contributed by atoms with Crippen molar-refractivity contribution < 1.29 is 47.0 Å². The maximum atomic E-state index is 14.3. The van der Waals surface area contributed by atoms with Gasteiger partial charge >= 0.3 is 12.3 Å². The molecule has 0 radical (unpaired) electrons. The number of aliphatic hydroxyl groups is 1. The Bertz CT molecular complexity index is 1400. The molecule has 0 aromatic heterocycles. The first-order valence-electron chi connectivity index (χ1n) is 18.5. The predicted octanol–water partition coefficient (Wildman–Crippen LogP) is 5.35. The van der Waals surface area contributed by atoms with Crippen molar-refractivity contribution in [1.82, 2.24) is 20.9 Å². The smallest absolute Gasteiger partial charge is 0.407 e. The Morgan fingerprint density at radius 2 is 1.51 bits per heavy atom. The molecule has 2 aliphatic rings. The summed E-state index contributed by atoms with van der Waals surface area (Å²) >= 11 is 0. The van der Waals surface area contributed by atoms with E-state index in [1.54, 1.807) is 58.9 Å². The van der Waals surface area contributed by atoms with Crippen LogP contribution in [0.25, 0.3) is 0 Å². The van der Waals surface area contributed by atoms with Crippen LogP contribution in [0, 0.1) is 17.8 Å². The summed E-state index contributed by atoms with van der Waals surface area (Å²) in [6.45, 7) is 9.01. The number of unbranched alkanes of at least 4 members (excludes halogenated alkanes) is 2. The number of carbonyl (C=O) groups excluding carboxylic acids is 5. The van der Waals surface area contributed by atoms with Gasteiger partial charge in [0.1, 0.15) is 17.7 Å². The minimum Gasteiger partial charge on any atom is -0.444 e. The number of alkyl carbamates (subject to hydrolysis) is 1. The monoisotopic (exact) mass is 751 g/mol. The molecule has 5 amide bonds. The van der Waals surface area contributed by atoms with Gasteiger partial charge in [-0.1, -0.05) is 51.7 Å². The third kappa shape index (κ3) is 14.8. The molecule has 53 heavy (non-hydrogen) atoms. The minimum absolute atomic E-state index is 0.0379. The van der Waals surface area contributed by atoms with E-state index in [1.165, 1.54) is 0 Å². The quantitative estimate of drug-likeness (QED) is 0.0989. The van der Waals surface area contributed by atoms with Crippen LogP contribution in [0.15, 0.2) is 36.4 Å². The van der Waals surface area contributed by atoms with E-state index in [9.17, 15) is 42.3 Å². The summed E-state index contributed by atoms with van der Waals surface area (Å²) in [5, 5.41) is 20.3. The number of nitrogens with zero attached hydrogens (tertiary/aromatic N) is 1. The number of hydrogen-bond donors (Lipinski definition) is 5. The lowest BCUT2D eigenvalue weighted by atomic mass is 9.79. The molecule has 12 nitrogen and oxygen atoms in total. The molecule has 0 saturated heterocycles. The number of rotatable bonds is 18. The number of aliphatic hydroxyl groups excluding tert-OH is 1. The lowest BCUT2D eigenvalue weighted by Crippen LogP contribution is -2.58. The molecule has 0 bridgehead atoms. The van der Waals surface area contributed by atoms with E-state index in [0.29, 0.717) is 30.6 Å². The van der Waals surface area contributed by atoms with Crippen LogP contribution in [-0.2, 0) is 30.5 Å². The van der Waals surface area contributed by atoms with Crippen LogP contribution >= 0.6 is 0 Å². The summed E-state index contributed by atoms with van der Waals surface area (Å²) in [4.78, 5) is 64.1. The topological polar surface area (TPSA) is 166 Å². The molecule has 3 atom stereocenters. The fourth-order valence-corrected chi connectivity index (χ4v) is 6.54. The Morgan fingerprint density at radius 1 is 0.906 bits per heavy atom. The number of anilines is 1. The van der Waals surface area contributed by atoms with Gasteiger partial charge in [0.25, 0.3) is 11.8 Å². The average molecular weight is 752 g/mol. The van der Waals surface area contributed by atoms with Crippen LogP contribution in [-0.4, -0.2) is 82.7 Å². The zero-order valence-corrected chi connectivity index (χ0v) is 31.4. The van der Waals surface area contributed by atoms with Crippen molar-refractivity contribution in [3.05, 3.63) is 42.0 Å². The summed E-state index contributed by atoms with van der Waals surface area (Å²) in [5.74, 6) is -2.42. The first-order chi connectivity index (χ1) is 24.9. The standard InChI is InChI=1S/C38H56F3N5O7/c1-24(2)33(45-30(38(39,40)41)9-7-6-8-20-46-31(48)18-19-32(46)49)35(51)44-29(34(50)43-28-16-14-27(23-47)15-17-28)21-25-10-12-26(13-11-25)22-42-36(52)53-37(3,4)5/h14-19,24-26,29-30,33,45,47H,6-13,20-23H2,1-5H3,(H,42,52)(H,43,50)(H,44,51)/t25-,26-,29-,30+,33-/m0/s1. The molecule has 5 N–H and O–H groups in total. The molecule has 3 rings (SSSR count). The van der Waals surface area contributed by atoms with Gasteiger partial charge in [0.2, 0.25) is 11.8 Å². The normalized spacial score (nSPS) is 19.5. The number of imide groups is 1. The lowest BCUT2D eigenvalue weighted by Gasteiger charge is -2.33. The van der Waals surface area contributed by atoms with Gasteiger partial charge in [-0.25, -0.2) is 4.79 Å². The van der Waals surface area contributed by atoms with Crippen molar-refractivity contribution in [2.75, 3.05) is 18.4 Å². The first-order valence-corrected chi connectivity index (χ1v) is 18.5. The SMILES string of the molecule is CC(C)[C@H](N[C@H](CCCCCN1C(=O)C=CC1=O)C(F)(F)F)C(=O)N[C@@H](C[C@H]1CC[C@H](CNC(=O)OC(C)(C)C)CC1)C(=O)Nc1ccc(CO)cc1. The van der Waals surface area contributed by atoms with Crippen molar-refractivity contribution in [2.45, 2.75) is 129 Å². The molecule has 296 valence electrons. The molecule has 1 saturated carbocycles. The van der Waals surface area contributed by atoms with Crippen molar-refractivity contribution >= 4 is 35.4 Å². The van der Waals surface area contributed by atoms with Crippen LogP contribution in [0.3, 0.4) is 0 Å². The molecule has 1 heterocycles. The highest BCUT2D eigenvalue weighted by molar-refractivity contribution is 6.12. The maximum absolute atomic E-state index is 14.3. The van der Waals surface area contributed by atoms with E-state index in [2.05, 4.69) is 21.3 Å². The second-order valence-electron chi connectivity index (χ2n) is 15.4. The van der Waals surface area contributed by atoms with Crippen molar-refractivity contribution in [2.24, 2.45) is 17.8 Å². The van der Waals surface area contributed by atoms with E-state index >= 15 is 0 Å². The van der Waals surface area contributed by atoms with Gasteiger partial charge in [-0.05, 0) is 88.3 Å². The van der Waals surface area contributed by atoms with Crippen LogP contribution in [0.2, 0.25) is 0 Å². The second-order valence-corrected chi connectivity index (χ2v) is 15.4. The number of amides is 5. The fraction of sp³-hybridized carbons (Fsp3) is 0.658. The van der Waals surface area contributed by atoms with E-state index in [1.807, 2.05) is 0 Å². The molecule has 0 spiro atoms. The van der Waals surface area contributed by atoms with Gasteiger partial charge in [0.15, 0.2) is 0 Å². The number of nitrogens with one attached hydrogen (secondary N) is 4. The summed E-state index contributed by atoms with van der Waals surface area (Å²) < 4.78 is 48.1. The molecule has 1 fully saturated rings. The van der Waals surface area contributed by atoms with E-state index in [0.717, 1.165) is 42.7 Å². The average Bonchev–Trinajstić information content (AvgIpc) is 3.40. The van der Waals surface area contributed by atoms with Gasteiger partial charge in [0.05, 0.1) is 12.6 Å². The fourth-order valence-electron chi connectivity index (χ4n) is 6.54. The highest BCUT2D eigenvalue weighted by atomic mass is 19.4. The Balaban J connectivity index is 1.65. The maximum Gasteiger partial charge on any atom is 0.407 e. The van der Waals surface area contributed by atoms with Crippen molar-refractivity contribution in [3.63, 3.8) is 0 Å². The number of hydrogen-bond acceptors (Lipinski definition) is 8. The zero-order chi connectivity index (χ0) is 39.3. The van der Waals surface area contributed by atoms with E-state index < -0.39 is 65.5 Å². The lowest BCUT2D eigenvalue weighted by molar-refractivity contribution is -0.161. The Hall–Kier alpha value is -3.98. The second kappa shape index (κ2) is 19.9. The Kier molecular flexibility index (Phi) is 16.3. The van der Waals surface area contributed by atoms with Crippen LogP contribution in [0.1, 0.15) is 98.0 Å². The number of carbonyl (C=O) groups is 5. The van der Waals surface area contributed by atoms with Crippen LogP contribution < -0.4 is 21.3 Å². The largest absolute Gasteiger partial charge is 0.444 e. The molecular formula is C38H56F3N5O7. The van der Waals surface area contributed by atoms with Crippen molar-refractivity contribution in [1.29, 1.82) is 0 Å². The van der Waals surface area contributed by atoms with Crippen LogP contribution in [0.4, 0.5) is 23.7 Å². The highest BCUT2D eigenvalue weighted by Crippen LogP contribution is 2.32. The summed E-state index contributed by atoms with van der Waals surface area (Å²) in [6.07, 6.45) is 0.945. The zero-order valence-electron chi connectivity index (χ0n) is 31.4. The minimum atomic E-state index is -4.66. The molecule has 1 aromatic rings. The van der Waals surface area contributed by atoms with Crippen molar-refractivity contribution in [3.8, 4) is 0 Å². The third-order valence-corrected chi connectivity index (χ3v) is 9.51. The first kappa shape index (κ1) is 43.4. The number of benzene rings is 1. The van der Waals surface area contributed by atoms with Gasteiger partial charge in [-0.15, -0.1) is 0 Å². The molecule has 1 aromatic carbocycles. The Labute approximate surface area is 310 Å². The molecular weight excluding hydrogens is 695 g/mol. The number of halogens is 3. The number of alkyl halides is 3. The molecule has 1 aliphatic carbocycles. The third-order valence-electron chi connectivity index (χ3n) is 9.51. The Morgan fingerprint density at radius 3 is 2.06 bits per heavy atom. The summed E-state index contributed by atoms with van der Waals surface area (Å²) in [6, 6.07) is 2.23. The molecule has 1 aliphatic heterocycles. The highest BCUT2D eigenvalue weighted by Gasteiger charge is 2.42. The molecule has 15 heteroatoms. The van der Waals surface area contributed by atoms with Gasteiger partial charge in [-0.2, -0.15) is 13.2 Å². The summed E-state index contributed by atoms with van der Waals surface area (Å²) in [5.41, 5.74) is 0.470. The summed E-state index contributed by atoms with van der Waals surface area (Å²) in [7, 11) is 0. The van der Waals surface area contributed by atoms with Gasteiger partial charge in [0, 0.05) is 30.9 Å².